The zero-order chi connectivity index (χ0) is 12.2. The third-order valence-electron chi connectivity index (χ3n) is 4.87. The summed E-state index contributed by atoms with van der Waals surface area (Å²) in [7, 11) is 0. The summed E-state index contributed by atoms with van der Waals surface area (Å²) in [4.78, 5) is 0. The minimum atomic E-state index is -0.304. The Bertz CT molecular complexity index is 471. The van der Waals surface area contributed by atoms with Gasteiger partial charge in [-0.3, -0.25) is 0 Å². The fourth-order valence-electron chi connectivity index (χ4n) is 3.61. The Labute approximate surface area is 102 Å². The van der Waals surface area contributed by atoms with Crippen LogP contribution in [0.2, 0.25) is 0 Å². The highest BCUT2D eigenvalue weighted by atomic mass is 16.3. The van der Waals surface area contributed by atoms with Gasteiger partial charge in [-0.15, -0.1) is 0 Å². The van der Waals surface area contributed by atoms with Crippen LogP contribution >= 0.6 is 0 Å². The minimum absolute atomic E-state index is 0.230. The summed E-state index contributed by atoms with van der Waals surface area (Å²) in [6.07, 6.45) is 5.46. The van der Waals surface area contributed by atoms with Crippen LogP contribution in [0.1, 0.15) is 36.7 Å². The first-order chi connectivity index (χ1) is 8.01. The lowest BCUT2D eigenvalue weighted by atomic mass is 9.58. The van der Waals surface area contributed by atoms with E-state index in [1.165, 1.54) is 11.1 Å². The molecular formula is C15H20O2. The minimum Gasteiger partial charge on any atom is -0.469 e. The van der Waals surface area contributed by atoms with Crippen LogP contribution in [0.4, 0.5) is 0 Å². The van der Waals surface area contributed by atoms with Gasteiger partial charge >= 0.3 is 0 Å². The van der Waals surface area contributed by atoms with Gasteiger partial charge in [0.1, 0.15) is 5.76 Å². The molecular weight excluding hydrogens is 212 g/mol. The third kappa shape index (κ3) is 1.50. The number of aliphatic hydroxyl groups is 1. The SMILES string of the molecule is C=C1C(O)CCC2(C)Cc3occ(C)c3CC12. The Morgan fingerprint density at radius 1 is 1.53 bits per heavy atom. The van der Waals surface area contributed by atoms with Crippen molar-refractivity contribution in [1.82, 2.24) is 0 Å². The topological polar surface area (TPSA) is 33.4 Å². The Kier molecular flexibility index (Phi) is 2.27. The normalized spacial score (nSPS) is 36.5. The monoisotopic (exact) mass is 232 g/mol. The van der Waals surface area contributed by atoms with E-state index >= 15 is 0 Å². The van der Waals surface area contributed by atoms with Crippen molar-refractivity contribution in [3.8, 4) is 0 Å². The molecule has 0 aliphatic heterocycles. The van der Waals surface area contributed by atoms with Crippen LogP contribution in [-0.2, 0) is 12.8 Å². The van der Waals surface area contributed by atoms with E-state index in [-0.39, 0.29) is 11.5 Å². The summed E-state index contributed by atoms with van der Waals surface area (Å²) in [6, 6.07) is 0. The fourth-order valence-corrected chi connectivity index (χ4v) is 3.61. The molecule has 0 bridgehead atoms. The van der Waals surface area contributed by atoms with Crippen molar-refractivity contribution in [2.45, 2.75) is 45.6 Å². The van der Waals surface area contributed by atoms with Crippen LogP contribution in [0.25, 0.3) is 0 Å². The van der Waals surface area contributed by atoms with Gasteiger partial charge in [0.25, 0.3) is 0 Å². The Morgan fingerprint density at radius 2 is 2.29 bits per heavy atom. The Morgan fingerprint density at radius 3 is 3.06 bits per heavy atom. The first-order valence-corrected chi connectivity index (χ1v) is 6.44. The molecule has 3 unspecified atom stereocenters. The van der Waals surface area contributed by atoms with Gasteiger partial charge in [0.2, 0.25) is 0 Å². The molecule has 0 aromatic carbocycles. The van der Waals surface area contributed by atoms with Crippen LogP contribution in [-0.4, -0.2) is 11.2 Å². The molecule has 1 aromatic rings. The van der Waals surface area contributed by atoms with Crippen molar-refractivity contribution in [3.63, 3.8) is 0 Å². The van der Waals surface area contributed by atoms with E-state index in [0.717, 1.165) is 37.0 Å². The zero-order valence-corrected chi connectivity index (χ0v) is 10.6. The van der Waals surface area contributed by atoms with Crippen molar-refractivity contribution >= 4 is 0 Å². The molecule has 1 heterocycles. The maximum atomic E-state index is 9.98. The zero-order valence-electron chi connectivity index (χ0n) is 10.6. The predicted molar refractivity (Wildman–Crippen MR) is 66.8 cm³/mol. The highest BCUT2D eigenvalue weighted by molar-refractivity contribution is 5.35. The predicted octanol–water partition coefficient (Wildman–Crippen LogP) is 3.02. The molecule has 1 saturated carbocycles. The second kappa shape index (κ2) is 3.49. The van der Waals surface area contributed by atoms with Crippen LogP contribution in [0.3, 0.4) is 0 Å². The first kappa shape index (κ1) is 11.1. The van der Waals surface area contributed by atoms with Gasteiger partial charge in [0.15, 0.2) is 0 Å². The van der Waals surface area contributed by atoms with Crippen molar-refractivity contribution in [3.05, 3.63) is 35.3 Å². The van der Waals surface area contributed by atoms with Gasteiger partial charge in [-0.25, -0.2) is 0 Å². The van der Waals surface area contributed by atoms with Gasteiger partial charge in [-0.1, -0.05) is 13.5 Å². The molecule has 1 fully saturated rings. The number of aryl methyl sites for hydroxylation is 1. The average Bonchev–Trinajstić information content (AvgIpc) is 2.64. The van der Waals surface area contributed by atoms with Crippen molar-refractivity contribution < 1.29 is 9.52 Å². The van der Waals surface area contributed by atoms with Crippen LogP contribution in [0.15, 0.2) is 22.8 Å². The van der Waals surface area contributed by atoms with Gasteiger partial charge in [0, 0.05) is 6.42 Å². The van der Waals surface area contributed by atoms with Gasteiger partial charge < -0.3 is 9.52 Å². The van der Waals surface area contributed by atoms with E-state index in [1.54, 1.807) is 0 Å². The summed E-state index contributed by atoms with van der Waals surface area (Å²) in [6.45, 7) is 8.55. The van der Waals surface area contributed by atoms with Gasteiger partial charge in [0.05, 0.1) is 12.4 Å². The van der Waals surface area contributed by atoms with E-state index in [2.05, 4.69) is 20.4 Å². The highest BCUT2D eigenvalue weighted by Gasteiger charge is 2.46. The molecule has 3 rings (SSSR count). The summed E-state index contributed by atoms with van der Waals surface area (Å²) >= 11 is 0. The lowest BCUT2D eigenvalue weighted by Gasteiger charge is -2.47. The first-order valence-electron chi connectivity index (χ1n) is 6.44. The van der Waals surface area contributed by atoms with E-state index in [4.69, 9.17) is 4.42 Å². The number of furan rings is 1. The molecule has 2 aliphatic rings. The van der Waals surface area contributed by atoms with Crippen molar-refractivity contribution in [2.24, 2.45) is 11.3 Å². The summed E-state index contributed by atoms with van der Waals surface area (Å²) in [5.41, 5.74) is 3.86. The molecule has 3 atom stereocenters. The lowest BCUT2D eigenvalue weighted by molar-refractivity contribution is 0.0635. The molecule has 2 heteroatoms. The molecule has 0 spiro atoms. The van der Waals surface area contributed by atoms with Crippen molar-refractivity contribution in [2.75, 3.05) is 0 Å². The molecule has 17 heavy (non-hydrogen) atoms. The molecule has 1 aromatic heterocycles. The maximum Gasteiger partial charge on any atom is 0.107 e. The van der Waals surface area contributed by atoms with Gasteiger partial charge in [-0.05, 0) is 54.2 Å². The number of aliphatic hydroxyl groups excluding tert-OH is 1. The number of fused-ring (bicyclic) bond motifs is 2. The van der Waals surface area contributed by atoms with Gasteiger partial charge in [-0.2, -0.15) is 0 Å². The fraction of sp³-hybridized carbons (Fsp3) is 0.600. The van der Waals surface area contributed by atoms with Crippen LogP contribution in [0.5, 0.6) is 0 Å². The molecule has 0 saturated heterocycles. The van der Waals surface area contributed by atoms with E-state index in [9.17, 15) is 5.11 Å². The molecule has 0 amide bonds. The summed E-state index contributed by atoms with van der Waals surface area (Å²) < 4.78 is 5.67. The maximum absolute atomic E-state index is 9.98. The second-order valence-corrected chi connectivity index (χ2v) is 6.04. The molecule has 0 radical (unpaired) electrons. The van der Waals surface area contributed by atoms with Crippen LogP contribution < -0.4 is 0 Å². The largest absolute Gasteiger partial charge is 0.469 e. The second-order valence-electron chi connectivity index (χ2n) is 6.04. The number of hydrogen-bond donors (Lipinski definition) is 1. The van der Waals surface area contributed by atoms with E-state index in [0.29, 0.717) is 5.92 Å². The number of hydrogen-bond acceptors (Lipinski definition) is 2. The molecule has 2 aliphatic carbocycles. The molecule has 1 N–H and O–H groups in total. The van der Waals surface area contributed by atoms with E-state index < -0.39 is 0 Å². The van der Waals surface area contributed by atoms with Crippen LogP contribution in [0, 0.1) is 18.3 Å². The molecule has 2 nitrogen and oxygen atoms in total. The third-order valence-corrected chi connectivity index (χ3v) is 4.87. The highest BCUT2D eigenvalue weighted by Crippen LogP contribution is 2.51. The quantitative estimate of drug-likeness (QED) is 0.697. The molecule has 92 valence electrons. The standard InChI is InChI=1S/C15H20O2/c1-9-8-17-14-7-15(3)5-4-13(16)10(2)12(15)6-11(9)14/h8,12-13,16H,2,4-7H2,1,3H3. The number of rotatable bonds is 0. The lowest BCUT2D eigenvalue weighted by Crippen LogP contribution is -2.43. The van der Waals surface area contributed by atoms with E-state index in [1.807, 2.05) is 6.26 Å². The average molecular weight is 232 g/mol. The Hall–Kier alpha value is -1.02. The summed E-state index contributed by atoms with van der Waals surface area (Å²) in [5.74, 6) is 1.57. The summed E-state index contributed by atoms with van der Waals surface area (Å²) in [5, 5.41) is 9.98. The van der Waals surface area contributed by atoms with Crippen molar-refractivity contribution in [1.29, 1.82) is 0 Å². The Balaban J connectivity index is 2.02. The smallest absolute Gasteiger partial charge is 0.107 e.